The number of nitrogens with one attached hydrogen (secondary N) is 1. The molecule has 17 heavy (non-hydrogen) atoms. The van der Waals surface area contributed by atoms with Crippen LogP contribution >= 0.6 is 0 Å². The van der Waals surface area contributed by atoms with Gasteiger partial charge in [-0.2, -0.15) is 0 Å². The molecule has 0 saturated carbocycles. The summed E-state index contributed by atoms with van der Waals surface area (Å²) >= 11 is 0. The largest absolute Gasteiger partial charge is 0.381 e. The van der Waals surface area contributed by atoms with Crippen LogP contribution in [0.1, 0.15) is 24.4 Å². The Morgan fingerprint density at radius 2 is 1.94 bits per heavy atom. The van der Waals surface area contributed by atoms with Crippen molar-refractivity contribution in [3.8, 4) is 0 Å². The van der Waals surface area contributed by atoms with Crippen molar-refractivity contribution in [3.05, 3.63) is 35.4 Å². The van der Waals surface area contributed by atoms with Gasteiger partial charge in [-0.3, -0.25) is 11.3 Å². The lowest BCUT2D eigenvalue weighted by molar-refractivity contribution is 0.0536. The minimum atomic E-state index is -0.838. The Bertz CT molecular complexity index is 381. The van der Waals surface area contributed by atoms with Crippen molar-refractivity contribution in [1.29, 1.82) is 0 Å². The van der Waals surface area contributed by atoms with Crippen LogP contribution in [0.2, 0.25) is 0 Å². The van der Waals surface area contributed by atoms with Crippen molar-refractivity contribution >= 4 is 0 Å². The molecule has 0 aromatic heterocycles. The highest BCUT2D eigenvalue weighted by Crippen LogP contribution is 2.30. The van der Waals surface area contributed by atoms with E-state index >= 15 is 0 Å². The van der Waals surface area contributed by atoms with Crippen LogP contribution in [0.4, 0.5) is 8.78 Å². The minimum Gasteiger partial charge on any atom is -0.381 e. The number of halogens is 2. The maximum Gasteiger partial charge on any atom is 0.159 e. The molecule has 0 radical (unpaired) electrons. The van der Waals surface area contributed by atoms with Crippen LogP contribution in [0.3, 0.4) is 0 Å². The van der Waals surface area contributed by atoms with E-state index in [0.717, 1.165) is 18.9 Å². The Morgan fingerprint density at radius 1 is 1.24 bits per heavy atom. The zero-order valence-corrected chi connectivity index (χ0v) is 9.46. The SMILES string of the molecule is NNC(c1ccc(F)c(F)c1)C1CCOCC1. The van der Waals surface area contributed by atoms with Gasteiger partial charge in [0.2, 0.25) is 0 Å². The van der Waals surface area contributed by atoms with Crippen molar-refractivity contribution < 1.29 is 13.5 Å². The van der Waals surface area contributed by atoms with Crippen molar-refractivity contribution in [2.75, 3.05) is 13.2 Å². The van der Waals surface area contributed by atoms with E-state index in [1.54, 1.807) is 6.07 Å². The third-order valence-corrected chi connectivity index (χ3v) is 3.22. The monoisotopic (exact) mass is 242 g/mol. The van der Waals surface area contributed by atoms with Gasteiger partial charge in [0, 0.05) is 19.3 Å². The second kappa shape index (κ2) is 5.53. The molecule has 0 aliphatic carbocycles. The summed E-state index contributed by atoms with van der Waals surface area (Å²) < 4.78 is 31.3. The molecular weight excluding hydrogens is 226 g/mol. The quantitative estimate of drug-likeness (QED) is 0.628. The summed E-state index contributed by atoms with van der Waals surface area (Å²) in [4.78, 5) is 0. The first-order chi connectivity index (χ1) is 8.22. The van der Waals surface area contributed by atoms with E-state index in [1.165, 1.54) is 6.07 Å². The fourth-order valence-electron chi connectivity index (χ4n) is 2.26. The molecule has 94 valence electrons. The molecule has 1 aliphatic rings. The first kappa shape index (κ1) is 12.4. The van der Waals surface area contributed by atoms with Gasteiger partial charge in [0.25, 0.3) is 0 Å². The van der Waals surface area contributed by atoms with Gasteiger partial charge in [-0.15, -0.1) is 0 Å². The Balaban J connectivity index is 2.18. The summed E-state index contributed by atoms with van der Waals surface area (Å²) in [5, 5.41) is 0. The van der Waals surface area contributed by atoms with Crippen LogP contribution in [0.25, 0.3) is 0 Å². The molecule has 0 amide bonds. The second-order valence-corrected chi connectivity index (χ2v) is 4.27. The van der Waals surface area contributed by atoms with Gasteiger partial charge in [0.1, 0.15) is 0 Å². The number of hydrogen-bond donors (Lipinski definition) is 2. The van der Waals surface area contributed by atoms with Crippen molar-refractivity contribution in [2.24, 2.45) is 11.8 Å². The molecule has 1 atom stereocenters. The Hall–Kier alpha value is -1.04. The maximum absolute atomic E-state index is 13.2. The molecule has 1 fully saturated rings. The van der Waals surface area contributed by atoms with E-state index in [9.17, 15) is 8.78 Å². The van der Waals surface area contributed by atoms with E-state index in [0.29, 0.717) is 24.7 Å². The second-order valence-electron chi connectivity index (χ2n) is 4.27. The van der Waals surface area contributed by atoms with Crippen LogP contribution < -0.4 is 11.3 Å². The fourth-order valence-corrected chi connectivity index (χ4v) is 2.26. The van der Waals surface area contributed by atoms with E-state index in [2.05, 4.69) is 5.43 Å². The molecule has 3 nitrogen and oxygen atoms in total. The Kier molecular flexibility index (Phi) is 4.04. The van der Waals surface area contributed by atoms with Crippen molar-refractivity contribution in [2.45, 2.75) is 18.9 Å². The molecule has 1 aromatic carbocycles. The van der Waals surface area contributed by atoms with Gasteiger partial charge >= 0.3 is 0 Å². The average molecular weight is 242 g/mol. The Labute approximate surface area is 98.9 Å². The van der Waals surface area contributed by atoms with Gasteiger partial charge in [-0.1, -0.05) is 6.07 Å². The summed E-state index contributed by atoms with van der Waals surface area (Å²) in [6.07, 6.45) is 1.74. The molecule has 5 heteroatoms. The van der Waals surface area contributed by atoms with Gasteiger partial charge in [-0.25, -0.2) is 8.78 Å². The molecule has 1 aliphatic heterocycles. The zero-order chi connectivity index (χ0) is 12.3. The van der Waals surface area contributed by atoms with Crippen LogP contribution in [0.5, 0.6) is 0 Å². The lowest BCUT2D eigenvalue weighted by Gasteiger charge is -2.30. The van der Waals surface area contributed by atoms with E-state index in [-0.39, 0.29) is 6.04 Å². The lowest BCUT2D eigenvalue weighted by atomic mass is 9.87. The molecule has 1 unspecified atom stereocenters. The van der Waals surface area contributed by atoms with E-state index < -0.39 is 11.6 Å². The molecule has 1 saturated heterocycles. The number of benzene rings is 1. The number of nitrogens with two attached hydrogens (primary N) is 1. The van der Waals surface area contributed by atoms with E-state index in [4.69, 9.17) is 10.6 Å². The highest BCUT2D eigenvalue weighted by molar-refractivity contribution is 5.22. The molecule has 1 aromatic rings. The van der Waals surface area contributed by atoms with Crippen molar-refractivity contribution in [3.63, 3.8) is 0 Å². The smallest absolute Gasteiger partial charge is 0.159 e. The zero-order valence-electron chi connectivity index (χ0n) is 9.46. The summed E-state index contributed by atoms with van der Waals surface area (Å²) in [7, 11) is 0. The summed E-state index contributed by atoms with van der Waals surface area (Å²) in [6, 6.07) is 3.75. The third kappa shape index (κ3) is 2.80. The van der Waals surface area contributed by atoms with Crippen LogP contribution in [-0.4, -0.2) is 13.2 Å². The van der Waals surface area contributed by atoms with Crippen LogP contribution in [0, 0.1) is 17.6 Å². The normalized spacial score (nSPS) is 19.2. The molecule has 3 N–H and O–H groups in total. The number of hydrazine groups is 1. The lowest BCUT2D eigenvalue weighted by Crippen LogP contribution is -2.36. The highest BCUT2D eigenvalue weighted by atomic mass is 19.2. The van der Waals surface area contributed by atoms with Gasteiger partial charge in [0.15, 0.2) is 11.6 Å². The fraction of sp³-hybridized carbons (Fsp3) is 0.500. The molecule has 0 spiro atoms. The summed E-state index contributed by atoms with van der Waals surface area (Å²) in [5.74, 6) is 4.13. The van der Waals surface area contributed by atoms with Crippen LogP contribution in [0.15, 0.2) is 18.2 Å². The summed E-state index contributed by atoms with van der Waals surface area (Å²) in [5.41, 5.74) is 3.37. The summed E-state index contributed by atoms with van der Waals surface area (Å²) in [6.45, 7) is 1.37. The van der Waals surface area contributed by atoms with E-state index in [1.807, 2.05) is 0 Å². The topological polar surface area (TPSA) is 47.3 Å². The van der Waals surface area contributed by atoms with Crippen molar-refractivity contribution in [1.82, 2.24) is 5.43 Å². The molecule has 1 heterocycles. The number of rotatable bonds is 3. The maximum atomic E-state index is 13.2. The predicted octanol–water partition coefficient (Wildman–Crippen LogP) is 1.90. The minimum absolute atomic E-state index is 0.158. The van der Waals surface area contributed by atoms with Crippen LogP contribution in [-0.2, 0) is 4.74 Å². The third-order valence-electron chi connectivity index (χ3n) is 3.22. The van der Waals surface area contributed by atoms with Gasteiger partial charge in [-0.05, 0) is 36.5 Å². The standard InChI is InChI=1S/C12H16F2N2O/c13-10-2-1-9(7-11(10)14)12(16-15)8-3-5-17-6-4-8/h1-2,7-8,12,16H,3-6,15H2. The highest BCUT2D eigenvalue weighted by Gasteiger charge is 2.25. The first-order valence-corrected chi connectivity index (χ1v) is 5.71. The molecular formula is C12H16F2N2O. The molecule has 2 rings (SSSR count). The number of hydrogen-bond acceptors (Lipinski definition) is 3. The first-order valence-electron chi connectivity index (χ1n) is 5.71. The van der Waals surface area contributed by atoms with Gasteiger partial charge in [0.05, 0.1) is 0 Å². The molecule has 0 bridgehead atoms. The predicted molar refractivity (Wildman–Crippen MR) is 60.0 cm³/mol. The van der Waals surface area contributed by atoms with Gasteiger partial charge < -0.3 is 4.74 Å². The number of ether oxygens (including phenoxy) is 1. The Morgan fingerprint density at radius 3 is 2.53 bits per heavy atom. The average Bonchev–Trinajstić information content (AvgIpc) is 2.36.